The number of carboxylic acids is 1. The maximum Gasteiger partial charge on any atom is 0.335 e. The van der Waals surface area contributed by atoms with Gasteiger partial charge in [0.15, 0.2) is 0 Å². The second-order valence-corrected chi connectivity index (χ2v) is 9.59. The van der Waals surface area contributed by atoms with Crippen molar-refractivity contribution in [2.75, 3.05) is 0 Å². The maximum atomic E-state index is 14.2. The molecule has 1 amide bonds. The fraction of sp³-hybridized carbons (Fsp3) is 0.0606. The molecule has 0 saturated carbocycles. The Hall–Kier alpha value is -5.30. The van der Waals surface area contributed by atoms with Crippen molar-refractivity contribution in [3.05, 3.63) is 143 Å². The molecule has 40 heavy (non-hydrogen) atoms. The lowest BCUT2D eigenvalue weighted by molar-refractivity contribution is 0.0696. The molecule has 6 aromatic rings. The Labute approximate surface area is 229 Å². The van der Waals surface area contributed by atoms with Crippen LogP contribution in [0.5, 0.6) is 0 Å². The van der Waals surface area contributed by atoms with Crippen LogP contribution in [0, 0.1) is 5.82 Å². The van der Waals surface area contributed by atoms with Crippen LogP contribution in [0.4, 0.5) is 4.39 Å². The van der Waals surface area contributed by atoms with Gasteiger partial charge in [-0.2, -0.15) is 0 Å². The van der Waals surface area contributed by atoms with Gasteiger partial charge < -0.3 is 10.4 Å². The Bertz CT molecular complexity index is 1880. The normalized spacial score (nSPS) is 11.1. The predicted molar refractivity (Wildman–Crippen MR) is 152 cm³/mol. The third-order valence-corrected chi connectivity index (χ3v) is 6.95. The molecule has 0 spiro atoms. The number of fused-ring (bicyclic) bond motifs is 2. The second-order valence-electron chi connectivity index (χ2n) is 9.59. The zero-order valence-electron chi connectivity index (χ0n) is 21.3. The number of carboxylic acid groups (broad SMARTS) is 1. The first-order valence-corrected chi connectivity index (χ1v) is 12.8. The molecule has 0 saturated heterocycles. The number of benzene rings is 4. The first-order valence-electron chi connectivity index (χ1n) is 12.8. The number of hydrogen-bond donors (Lipinski definition) is 2. The molecule has 0 unspecified atom stereocenters. The highest BCUT2D eigenvalue weighted by atomic mass is 19.1. The predicted octanol–water partition coefficient (Wildman–Crippen LogP) is 6.51. The molecule has 0 bridgehead atoms. The largest absolute Gasteiger partial charge is 0.478 e. The smallest absolute Gasteiger partial charge is 0.335 e. The van der Waals surface area contributed by atoms with E-state index in [1.54, 1.807) is 30.5 Å². The molecule has 2 aromatic heterocycles. The highest BCUT2D eigenvalue weighted by Gasteiger charge is 2.17. The third-order valence-electron chi connectivity index (χ3n) is 6.95. The summed E-state index contributed by atoms with van der Waals surface area (Å²) in [5.74, 6) is -0.869. The van der Waals surface area contributed by atoms with Crippen LogP contribution in [0.2, 0.25) is 0 Å². The van der Waals surface area contributed by atoms with Crippen molar-refractivity contribution in [3.63, 3.8) is 0 Å². The van der Waals surface area contributed by atoms with Crippen molar-refractivity contribution in [1.82, 2.24) is 14.7 Å². The minimum atomic E-state index is -1.00. The highest BCUT2D eigenvalue weighted by Crippen LogP contribution is 2.26. The number of amides is 1. The quantitative estimate of drug-likeness (QED) is 0.247. The highest BCUT2D eigenvalue weighted by molar-refractivity contribution is 5.95. The summed E-state index contributed by atoms with van der Waals surface area (Å²) in [5, 5.41) is 13.5. The van der Waals surface area contributed by atoms with Gasteiger partial charge in [-0.15, -0.1) is 0 Å². The van der Waals surface area contributed by atoms with E-state index in [2.05, 4.69) is 10.3 Å². The number of nitrogens with one attached hydrogen (secondary N) is 1. The van der Waals surface area contributed by atoms with E-state index in [1.165, 1.54) is 18.2 Å². The Kier molecular flexibility index (Phi) is 6.54. The summed E-state index contributed by atoms with van der Waals surface area (Å²) >= 11 is 0. The van der Waals surface area contributed by atoms with Gasteiger partial charge in [-0.25, -0.2) is 14.2 Å². The summed E-state index contributed by atoms with van der Waals surface area (Å²) in [5.41, 5.74) is 4.98. The number of halogens is 1. The fourth-order valence-corrected chi connectivity index (χ4v) is 4.91. The van der Waals surface area contributed by atoms with Gasteiger partial charge >= 0.3 is 5.97 Å². The number of carbonyl (C=O) groups excluding carboxylic acids is 1. The summed E-state index contributed by atoms with van der Waals surface area (Å²) in [7, 11) is 0. The molecule has 6 rings (SSSR count). The average Bonchev–Trinajstić information content (AvgIpc) is 3.38. The number of pyridine rings is 1. The number of aromatic nitrogens is 2. The van der Waals surface area contributed by atoms with Crippen molar-refractivity contribution < 1.29 is 19.1 Å². The third kappa shape index (κ3) is 4.92. The van der Waals surface area contributed by atoms with Gasteiger partial charge in [0, 0.05) is 18.4 Å². The number of nitrogens with zero attached hydrogens (tertiary/aromatic N) is 2. The Balaban J connectivity index is 1.37. The number of rotatable bonds is 7. The Morgan fingerprint density at radius 1 is 0.825 bits per heavy atom. The van der Waals surface area contributed by atoms with Gasteiger partial charge in [-0.1, -0.05) is 72.8 Å². The molecule has 0 atom stereocenters. The molecule has 196 valence electrons. The number of hydrogen-bond acceptors (Lipinski definition) is 3. The van der Waals surface area contributed by atoms with Gasteiger partial charge in [0.1, 0.15) is 17.3 Å². The molecular weight excluding hydrogens is 505 g/mol. The first kappa shape index (κ1) is 25.0. The lowest BCUT2D eigenvalue weighted by Gasteiger charge is -2.13. The lowest BCUT2D eigenvalue weighted by atomic mass is 10.0. The molecule has 0 aliphatic heterocycles. The Morgan fingerprint density at radius 2 is 1.60 bits per heavy atom. The molecule has 7 heteroatoms. The summed E-state index contributed by atoms with van der Waals surface area (Å²) in [6, 6.07) is 30.7. The SMILES string of the molecule is O=C(O)c1ccc(CNC(=O)c2cc(-c3ccccc3)cc3cnc(Cc4ccc5c(F)cccc5c4)n23)cc1. The van der Waals surface area contributed by atoms with Gasteiger partial charge in [0.2, 0.25) is 0 Å². The molecule has 6 nitrogen and oxygen atoms in total. The van der Waals surface area contributed by atoms with E-state index >= 15 is 0 Å². The van der Waals surface area contributed by atoms with E-state index < -0.39 is 5.97 Å². The van der Waals surface area contributed by atoms with Crippen LogP contribution >= 0.6 is 0 Å². The van der Waals surface area contributed by atoms with E-state index in [4.69, 9.17) is 5.11 Å². The minimum Gasteiger partial charge on any atom is -0.478 e. The summed E-state index contributed by atoms with van der Waals surface area (Å²) in [6.07, 6.45) is 2.20. The van der Waals surface area contributed by atoms with Crippen LogP contribution in [0.15, 0.2) is 109 Å². The van der Waals surface area contributed by atoms with Gasteiger partial charge in [-0.05, 0) is 58.0 Å². The van der Waals surface area contributed by atoms with Crippen molar-refractivity contribution in [1.29, 1.82) is 0 Å². The second kappa shape index (κ2) is 10.5. The average molecular weight is 530 g/mol. The van der Waals surface area contributed by atoms with E-state index in [0.717, 1.165) is 33.2 Å². The van der Waals surface area contributed by atoms with E-state index in [-0.39, 0.29) is 23.8 Å². The van der Waals surface area contributed by atoms with Crippen molar-refractivity contribution in [2.24, 2.45) is 0 Å². The van der Waals surface area contributed by atoms with Crippen LogP contribution in [0.1, 0.15) is 37.8 Å². The van der Waals surface area contributed by atoms with E-state index in [9.17, 15) is 14.0 Å². The van der Waals surface area contributed by atoms with Gasteiger partial charge in [-0.3, -0.25) is 9.20 Å². The molecule has 0 aliphatic rings. The van der Waals surface area contributed by atoms with E-state index in [0.29, 0.717) is 23.3 Å². The molecule has 2 heterocycles. The number of aromatic carboxylic acids is 1. The van der Waals surface area contributed by atoms with Crippen molar-refractivity contribution >= 4 is 28.2 Å². The molecule has 4 aromatic carbocycles. The monoisotopic (exact) mass is 529 g/mol. The maximum absolute atomic E-state index is 14.2. The minimum absolute atomic E-state index is 0.187. The number of carbonyl (C=O) groups is 2. The van der Waals surface area contributed by atoms with Crippen LogP contribution in [-0.4, -0.2) is 26.4 Å². The summed E-state index contributed by atoms with van der Waals surface area (Å²) in [4.78, 5) is 29.4. The zero-order chi connectivity index (χ0) is 27.6. The van der Waals surface area contributed by atoms with Gasteiger partial charge in [0.05, 0.1) is 17.3 Å². The molecular formula is C33H24FN3O3. The molecule has 0 aliphatic carbocycles. The summed E-state index contributed by atoms with van der Waals surface area (Å²) < 4.78 is 16.0. The standard InChI is InChI=1S/C33H24FN3O3/c34-29-8-4-7-25-15-22(11-14-28(25)29)16-31-35-20-27-17-26(23-5-2-1-3-6-23)18-30(37(27)31)32(38)36-19-21-9-12-24(13-10-21)33(39)40/h1-15,17-18,20H,16,19H2,(H,36,38)(H,39,40). The summed E-state index contributed by atoms with van der Waals surface area (Å²) in [6.45, 7) is 0.232. The first-order chi connectivity index (χ1) is 19.5. The molecule has 0 radical (unpaired) electrons. The van der Waals surface area contributed by atoms with E-state index in [1.807, 2.05) is 65.1 Å². The topological polar surface area (TPSA) is 83.7 Å². The number of imidazole rings is 1. The zero-order valence-corrected chi connectivity index (χ0v) is 21.3. The van der Waals surface area contributed by atoms with Crippen LogP contribution in [0.25, 0.3) is 27.4 Å². The lowest BCUT2D eigenvalue weighted by Crippen LogP contribution is -2.25. The molecule has 0 fully saturated rings. The van der Waals surface area contributed by atoms with Crippen molar-refractivity contribution in [3.8, 4) is 11.1 Å². The molecule has 2 N–H and O–H groups in total. The van der Waals surface area contributed by atoms with Crippen molar-refractivity contribution in [2.45, 2.75) is 13.0 Å². The van der Waals surface area contributed by atoms with Crippen LogP contribution in [-0.2, 0) is 13.0 Å². The fourth-order valence-electron chi connectivity index (χ4n) is 4.91. The van der Waals surface area contributed by atoms with Crippen LogP contribution < -0.4 is 5.32 Å². The van der Waals surface area contributed by atoms with Gasteiger partial charge in [0.25, 0.3) is 5.91 Å². The van der Waals surface area contributed by atoms with Crippen LogP contribution in [0.3, 0.4) is 0 Å². The Morgan fingerprint density at radius 3 is 2.38 bits per heavy atom.